The van der Waals surface area contributed by atoms with Crippen LogP contribution in [0.5, 0.6) is 11.5 Å². The van der Waals surface area contributed by atoms with Crippen LogP contribution in [0.4, 0.5) is 0 Å². The summed E-state index contributed by atoms with van der Waals surface area (Å²) in [6, 6.07) is 12.2. The zero-order valence-corrected chi connectivity index (χ0v) is 14.2. The van der Waals surface area contributed by atoms with E-state index in [0.29, 0.717) is 18.8 Å². The number of nitrogens with one attached hydrogen (secondary N) is 1. The second kappa shape index (κ2) is 6.59. The molecule has 1 aromatic heterocycles. The van der Waals surface area contributed by atoms with Gasteiger partial charge in [0.25, 0.3) is 0 Å². The van der Waals surface area contributed by atoms with Gasteiger partial charge >= 0.3 is 0 Å². The first-order valence-corrected chi connectivity index (χ1v) is 8.05. The number of halogens is 1. The first-order valence-electron chi connectivity index (χ1n) is 6.97. The summed E-state index contributed by atoms with van der Waals surface area (Å²) >= 11 is 2.26. The maximum atomic E-state index is 12.1. The standard InChI is InChI=1S/C17H14INO4/c18-11-3-1-2-10(6-11)8-19-9-12-7-14(21)16-15(23-12)5-4-13(20)17(16)22/h1-7,19-20,22H,8-9H2. The van der Waals surface area contributed by atoms with E-state index in [-0.39, 0.29) is 22.1 Å². The summed E-state index contributed by atoms with van der Waals surface area (Å²) in [7, 11) is 0. The molecule has 23 heavy (non-hydrogen) atoms. The summed E-state index contributed by atoms with van der Waals surface area (Å²) in [6.07, 6.45) is 0. The zero-order valence-electron chi connectivity index (χ0n) is 12.0. The Morgan fingerprint density at radius 1 is 1.09 bits per heavy atom. The van der Waals surface area contributed by atoms with Crippen molar-refractivity contribution in [1.29, 1.82) is 0 Å². The van der Waals surface area contributed by atoms with Crippen LogP contribution in [0.3, 0.4) is 0 Å². The van der Waals surface area contributed by atoms with Crippen molar-refractivity contribution in [2.24, 2.45) is 0 Å². The molecule has 3 rings (SSSR count). The highest BCUT2D eigenvalue weighted by Gasteiger charge is 2.12. The van der Waals surface area contributed by atoms with Crippen LogP contribution in [0.15, 0.2) is 51.7 Å². The van der Waals surface area contributed by atoms with Gasteiger partial charge in [0.05, 0.1) is 6.54 Å². The van der Waals surface area contributed by atoms with Gasteiger partial charge in [0.1, 0.15) is 16.7 Å². The fourth-order valence-corrected chi connectivity index (χ4v) is 2.95. The number of hydrogen-bond acceptors (Lipinski definition) is 5. The van der Waals surface area contributed by atoms with E-state index in [1.165, 1.54) is 18.2 Å². The second-order valence-corrected chi connectivity index (χ2v) is 6.36. The van der Waals surface area contributed by atoms with Gasteiger partial charge in [0.2, 0.25) is 0 Å². The summed E-state index contributed by atoms with van der Waals surface area (Å²) in [5.74, 6) is -0.317. The number of aromatic hydroxyl groups is 2. The Bertz CT molecular complexity index is 920. The Balaban J connectivity index is 1.79. The van der Waals surface area contributed by atoms with E-state index in [0.717, 1.165) is 9.13 Å². The van der Waals surface area contributed by atoms with Gasteiger partial charge in [0.15, 0.2) is 16.9 Å². The summed E-state index contributed by atoms with van der Waals surface area (Å²) in [6.45, 7) is 1.04. The van der Waals surface area contributed by atoms with Crippen molar-refractivity contribution in [2.75, 3.05) is 0 Å². The third-order valence-corrected chi connectivity index (χ3v) is 4.09. The molecule has 0 bridgehead atoms. The summed E-state index contributed by atoms with van der Waals surface area (Å²) in [4.78, 5) is 12.1. The molecule has 0 saturated heterocycles. The van der Waals surface area contributed by atoms with E-state index in [1.54, 1.807) is 0 Å². The summed E-state index contributed by atoms with van der Waals surface area (Å²) < 4.78 is 6.77. The van der Waals surface area contributed by atoms with E-state index in [4.69, 9.17) is 4.42 Å². The summed E-state index contributed by atoms with van der Waals surface area (Å²) in [5.41, 5.74) is 1.01. The molecule has 0 spiro atoms. The minimum Gasteiger partial charge on any atom is -0.504 e. The van der Waals surface area contributed by atoms with Crippen LogP contribution < -0.4 is 10.7 Å². The molecule has 0 aliphatic rings. The Morgan fingerprint density at radius 2 is 1.91 bits per heavy atom. The van der Waals surface area contributed by atoms with Gasteiger partial charge in [-0.2, -0.15) is 0 Å². The first-order chi connectivity index (χ1) is 11.0. The molecule has 3 N–H and O–H groups in total. The van der Waals surface area contributed by atoms with Crippen LogP contribution in [-0.4, -0.2) is 10.2 Å². The molecular weight excluding hydrogens is 409 g/mol. The van der Waals surface area contributed by atoms with Crippen LogP contribution in [0.25, 0.3) is 11.0 Å². The number of phenolic OH excluding ortho intramolecular Hbond substituents is 2. The van der Waals surface area contributed by atoms with Crippen LogP contribution in [0, 0.1) is 3.57 Å². The zero-order chi connectivity index (χ0) is 16.4. The van der Waals surface area contributed by atoms with Crippen molar-refractivity contribution in [3.05, 3.63) is 67.6 Å². The first kappa shape index (κ1) is 15.8. The average Bonchev–Trinajstić information content (AvgIpc) is 2.51. The molecule has 2 aromatic carbocycles. The monoisotopic (exact) mass is 423 g/mol. The van der Waals surface area contributed by atoms with Gasteiger partial charge < -0.3 is 19.9 Å². The van der Waals surface area contributed by atoms with Crippen LogP contribution in [0.2, 0.25) is 0 Å². The molecule has 1 heterocycles. The highest BCUT2D eigenvalue weighted by atomic mass is 127. The molecule has 0 amide bonds. The number of hydrogen-bond donors (Lipinski definition) is 3. The lowest BCUT2D eigenvalue weighted by atomic mass is 10.2. The topological polar surface area (TPSA) is 82.7 Å². The van der Waals surface area contributed by atoms with Gasteiger partial charge in [0, 0.05) is 16.2 Å². The molecule has 118 valence electrons. The van der Waals surface area contributed by atoms with E-state index in [9.17, 15) is 15.0 Å². The quantitative estimate of drug-likeness (QED) is 0.444. The van der Waals surface area contributed by atoms with Crippen LogP contribution in [0.1, 0.15) is 11.3 Å². The molecule has 6 heteroatoms. The Hall–Kier alpha value is -2.06. The third kappa shape index (κ3) is 3.48. The lowest BCUT2D eigenvalue weighted by molar-refractivity contribution is 0.406. The molecule has 0 atom stereocenters. The van der Waals surface area contributed by atoms with E-state index in [1.807, 2.05) is 18.2 Å². The number of fused-ring (bicyclic) bond motifs is 1. The van der Waals surface area contributed by atoms with Gasteiger partial charge in [-0.15, -0.1) is 0 Å². The molecular formula is C17H14INO4. The van der Waals surface area contributed by atoms with Crippen molar-refractivity contribution in [3.63, 3.8) is 0 Å². The maximum Gasteiger partial charge on any atom is 0.196 e. The molecule has 0 radical (unpaired) electrons. The second-order valence-electron chi connectivity index (χ2n) is 5.12. The SMILES string of the molecule is O=c1cc(CNCc2cccc(I)c2)oc2ccc(O)c(O)c12. The lowest BCUT2D eigenvalue weighted by Crippen LogP contribution is -2.14. The smallest absolute Gasteiger partial charge is 0.196 e. The van der Waals surface area contributed by atoms with E-state index < -0.39 is 5.75 Å². The van der Waals surface area contributed by atoms with Crippen molar-refractivity contribution in [1.82, 2.24) is 5.32 Å². The van der Waals surface area contributed by atoms with Crippen LogP contribution >= 0.6 is 22.6 Å². The fraction of sp³-hybridized carbons (Fsp3) is 0.118. The average molecular weight is 423 g/mol. The maximum absolute atomic E-state index is 12.1. The minimum atomic E-state index is -0.449. The largest absolute Gasteiger partial charge is 0.504 e. The summed E-state index contributed by atoms with van der Waals surface area (Å²) in [5, 5.41) is 22.4. The van der Waals surface area contributed by atoms with Gasteiger partial charge in [-0.1, -0.05) is 12.1 Å². The number of rotatable bonds is 4. The Morgan fingerprint density at radius 3 is 2.70 bits per heavy atom. The minimum absolute atomic E-state index is 0.00800. The Kier molecular flexibility index (Phi) is 4.53. The Labute approximate surface area is 145 Å². The van der Waals surface area contributed by atoms with Crippen molar-refractivity contribution in [2.45, 2.75) is 13.1 Å². The fourth-order valence-electron chi connectivity index (χ4n) is 2.34. The van der Waals surface area contributed by atoms with E-state index in [2.05, 4.69) is 34.0 Å². The van der Waals surface area contributed by atoms with Crippen molar-refractivity contribution in [3.8, 4) is 11.5 Å². The molecule has 0 aliphatic carbocycles. The molecule has 0 unspecified atom stereocenters. The lowest BCUT2D eigenvalue weighted by Gasteiger charge is -2.07. The molecule has 3 aromatic rings. The van der Waals surface area contributed by atoms with Gasteiger partial charge in [-0.3, -0.25) is 4.79 Å². The van der Waals surface area contributed by atoms with Crippen molar-refractivity contribution >= 4 is 33.6 Å². The predicted molar refractivity (Wildman–Crippen MR) is 95.5 cm³/mol. The molecule has 5 nitrogen and oxygen atoms in total. The predicted octanol–water partition coefficient (Wildman–Crippen LogP) is 3.10. The highest BCUT2D eigenvalue weighted by Crippen LogP contribution is 2.31. The van der Waals surface area contributed by atoms with Gasteiger partial charge in [-0.05, 0) is 52.4 Å². The number of benzene rings is 2. The number of phenols is 2. The molecule has 0 saturated carbocycles. The normalized spacial score (nSPS) is 11.0. The molecule has 0 aliphatic heterocycles. The van der Waals surface area contributed by atoms with Crippen LogP contribution in [-0.2, 0) is 13.1 Å². The third-order valence-electron chi connectivity index (χ3n) is 3.42. The van der Waals surface area contributed by atoms with E-state index >= 15 is 0 Å². The van der Waals surface area contributed by atoms with Crippen molar-refractivity contribution < 1.29 is 14.6 Å². The highest BCUT2D eigenvalue weighted by molar-refractivity contribution is 14.1. The molecule has 0 fully saturated rings. The van der Waals surface area contributed by atoms with Gasteiger partial charge in [-0.25, -0.2) is 0 Å².